The van der Waals surface area contributed by atoms with Gasteiger partial charge in [-0.3, -0.25) is 14.4 Å². The van der Waals surface area contributed by atoms with Gasteiger partial charge in [-0.1, -0.05) is 44.2 Å². The Hall–Kier alpha value is -2.57. The van der Waals surface area contributed by atoms with E-state index in [9.17, 15) is 29.7 Å². The van der Waals surface area contributed by atoms with Crippen LogP contribution < -0.4 is 16.4 Å². The lowest BCUT2D eigenvalue weighted by molar-refractivity contribution is -0.272. The average molecular weight is 468 g/mol. The van der Waals surface area contributed by atoms with Crippen LogP contribution in [0, 0.1) is 5.92 Å². The fraction of sp³-hybridized carbons (Fsp3) is 0.591. The highest BCUT2D eigenvalue weighted by atomic mass is 16.7. The van der Waals surface area contributed by atoms with Crippen molar-refractivity contribution in [3.63, 3.8) is 0 Å². The maximum Gasteiger partial charge on any atom is 0.240 e. The molecule has 0 aromatic heterocycles. The first-order chi connectivity index (χ1) is 15.7. The number of hydrogen-bond acceptors (Lipinski definition) is 8. The zero-order valence-electron chi connectivity index (χ0n) is 18.7. The van der Waals surface area contributed by atoms with E-state index in [4.69, 9.17) is 15.2 Å². The van der Waals surface area contributed by atoms with Crippen LogP contribution in [0.1, 0.15) is 25.8 Å². The first-order valence-electron chi connectivity index (χ1n) is 10.8. The highest BCUT2D eigenvalue weighted by molar-refractivity contribution is 5.87. The summed E-state index contributed by atoms with van der Waals surface area (Å²) in [5.74, 6) is -2.31. The van der Waals surface area contributed by atoms with E-state index in [0.29, 0.717) is 0 Å². The Morgan fingerprint density at radius 1 is 1.18 bits per heavy atom. The van der Waals surface area contributed by atoms with Crippen LogP contribution in [0.15, 0.2) is 30.3 Å². The molecule has 0 aliphatic carbocycles. The van der Waals surface area contributed by atoms with E-state index in [1.54, 1.807) is 13.8 Å². The lowest BCUT2D eigenvalue weighted by Gasteiger charge is -2.42. The van der Waals surface area contributed by atoms with Gasteiger partial charge in [-0.05, 0) is 5.56 Å². The Balaban J connectivity index is 2.00. The summed E-state index contributed by atoms with van der Waals surface area (Å²) in [7, 11) is 0. The summed E-state index contributed by atoms with van der Waals surface area (Å²) >= 11 is 0. The third-order valence-electron chi connectivity index (χ3n) is 5.43. The molecule has 2 rings (SSSR count). The maximum atomic E-state index is 12.6. The van der Waals surface area contributed by atoms with Gasteiger partial charge in [-0.2, -0.15) is 0 Å². The molecule has 0 spiro atoms. The molecule has 1 heterocycles. The first kappa shape index (κ1) is 26.7. The number of hydrogen-bond donors (Lipinski definition) is 6. The van der Waals surface area contributed by atoms with Crippen molar-refractivity contribution in [2.75, 3.05) is 13.2 Å². The molecule has 184 valence electrons. The zero-order chi connectivity index (χ0) is 24.5. The largest absolute Gasteiger partial charge is 0.394 e. The Kier molecular flexibility index (Phi) is 10.2. The number of nitrogens with two attached hydrogens (primary N) is 1. The van der Waals surface area contributed by atoms with Crippen molar-refractivity contribution in [2.45, 2.75) is 63.4 Å². The van der Waals surface area contributed by atoms with Crippen molar-refractivity contribution in [3.05, 3.63) is 35.9 Å². The third kappa shape index (κ3) is 7.47. The molecule has 2 unspecified atom stereocenters. The van der Waals surface area contributed by atoms with Crippen LogP contribution in [0.25, 0.3) is 0 Å². The molecule has 11 heteroatoms. The molecule has 1 aliphatic rings. The molecule has 0 saturated carbocycles. The van der Waals surface area contributed by atoms with E-state index in [1.807, 2.05) is 30.3 Å². The molecule has 1 aromatic rings. The smallest absolute Gasteiger partial charge is 0.240 e. The molecule has 11 nitrogen and oxygen atoms in total. The summed E-state index contributed by atoms with van der Waals surface area (Å²) in [6, 6.07) is 7.07. The number of amides is 3. The fourth-order valence-corrected chi connectivity index (χ4v) is 3.37. The topological polar surface area (TPSA) is 180 Å². The van der Waals surface area contributed by atoms with Crippen molar-refractivity contribution >= 4 is 17.7 Å². The summed E-state index contributed by atoms with van der Waals surface area (Å²) in [6.45, 7) is 2.41. The van der Waals surface area contributed by atoms with Gasteiger partial charge in [0.1, 0.15) is 30.4 Å². The highest BCUT2D eigenvalue weighted by Gasteiger charge is 2.45. The Morgan fingerprint density at radius 2 is 1.85 bits per heavy atom. The van der Waals surface area contributed by atoms with Crippen molar-refractivity contribution in [3.8, 4) is 0 Å². The van der Waals surface area contributed by atoms with Crippen LogP contribution >= 0.6 is 0 Å². The third-order valence-corrected chi connectivity index (χ3v) is 5.43. The Labute approximate surface area is 192 Å². The van der Waals surface area contributed by atoms with Gasteiger partial charge in [0.2, 0.25) is 17.7 Å². The molecule has 1 aliphatic heterocycles. The summed E-state index contributed by atoms with van der Waals surface area (Å²) in [5.41, 5.74) is 6.27. The Morgan fingerprint density at radius 3 is 2.42 bits per heavy atom. The molecular formula is C22H33N3O8. The number of carbonyl (C=O) groups is 3. The van der Waals surface area contributed by atoms with Crippen LogP contribution in [0.2, 0.25) is 0 Å². The van der Waals surface area contributed by atoms with E-state index in [0.717, 1.165) is 5.56 Å². The summed E-state index contributed by atoms with van der Waals surface area (Å²) in [4.78, 5) is 36.3. The van der Waals surface area contributed by atoms with Crippen LogP contribution in [0.5, 0.6) is 0 Å². The molecule has 1 saturated heterocycles. The van der Waals surface area contributed by atoms with Crippen molar-refractivity contribution in [1.82, 2.24) is 10.6 Å². The zero-order valence-corrected chi connectivity index (χ0v) is 18.7. The first-order valence-corrected chi connectivity index (χ1v) is 10.8. The molecule has 1 aromatic carbocycles. The Bertz CT molecular complexity index is 793. The predicted molar refractivity (Wildman–Crippen MR) is 116 cm³/mol. The van der Waals surface area contributed by atoms with E-state index in [2.05, 4.69) is 10.6 Å². The second-order valence-corrected chi connectivity index (χ2v) is 8.04. The monoisotopic (exact) mass is 467 g/mol. The number of aliphatic hydroxyl groups excluding tert-OH is 3. The summed E-state index contributed by atoms with van der Waals surface area (Å²) in [6.07, 6.45) is -4.88. The van der Waals surface area contributed by atoms with E-state index in [1.165, 1.54) is 0 Å². The number of primary amides is 1. The van der Waals surface area contributed by atoms with Gasteiger partial charge in [0.15, 0.2) is 6.29 Å². The summed E-state index contributed by atoms with van der Waals surface area (Å²) in [5, 5.41) is 35.0. The van der Waals surface area contributed by atoms with E-state index in [-0.39, 0.29) is 19.4 Å². The minimum absolute atomic E-state index is 0.129. The fourth-order valence-electron chi connectivity index (χ4n) is 3.37. The maximum absolute atomic E-state index is 12.6. The second kappa shape index (κ2) is 12.6. The van der Waals surface area contributed by atoms with Gasteiger partial charge in [0.05, 0.1) is 19.1 Å². The number of ether oxygens (including phenoxy) is 2. The number of rotatable bonds is 11. The molecule has 0 bridgehead atoms. The molecule has 7 atom stereocenters. The van der Waals surface area contributed by atoms with Crippen LogP contribution in [-0.2, 0) is 30.3 Å². The van der Waals surface area contributed by atoms with Crippen molar-refractivity contribution in [2.24, 2.45) is 11.7 Å². The molecule has 1 fully saturated rings. The minimum atomic E-state index is -1.45. The second-order valence-electron chi connectivity index (χ2n) is 8.04. The van der Waals surface area contributed by atoms with Gasteiger partial charge < -0.3 is 41.2 Å². The van der Waals surface area contributed by atoms with Gasteiger partial charge in [0.25, 0.3) is 0 Å². The lowest BCUT2D eigenvalue weighted by atomic mass is 9.96. The molecule has 3 amide bonds. The number of carbonyl (C=O) groups excluding carboxylic acids is 3. The van der Waals surface area contributed by atoms with Crippen LogP contribution in [0.3, 0.4) is 0 Å². The molecule has 33 heavy (non-hydrogen) atoms. The molecule has 0 radical (unpaired) electrons. The molecule has 7 N–H and O–H groups in total. The van der Waals surface area contributed by atoms with E-state index < -0.39 is 66.9 Å². The standard InChI is InChI=1S/C22H33N3O8/c1-3-16(27)25-17-19(29)18(28)15(10-26)33-22(17)32-11-12(2)21(31)24-14(20(23)30)9-13-7-5-4-6-8-13/h4-8,12,14-15,17-19,22,26,28-29H,3,9-11H2,1-2H3,(H2,23,30)(H,24,31)(H,25,27)/t12-,14-,15?,17+,18-,19+,22?/m0/s1. The molecular weight excluding hydrogens is 434 g/mol. The van der Waals surface area contributed by atoms with Gasteiger partial charge in [-0.15, -0.1) is 0 Å². The quantitative estimate of drug-likeness (QED) is 0.220. The van der Waals surface area contributed by atoms with E-state index >= 15 is 0 Å². The average Bonchev–Trinajstić information content (AvgIpc) is 2.81. The van der Waals surface area contributed by atoms with Gasteiger partial charge in [-0.25, -0.2) is 0 Å². The number of benzene rings is 1. The van der Waals surface area contributed by atoms with Gasteiger partial charge >= 0.3 is 0 Å². The van der Waals surface area contributed by atoms with Gasteiger partial charge in [0, 0.05) is 12.8 Å². The van der Waals surface area contributed by atoms with Crippen molar-refractivity contribution < 1.29 is 39.2 Å². The van der Waals surface area contributed by atoms with Crippen LogP contribution in [0.4, 0.5) is 0 Å². The normalized spacial score (nSPS) is 26.8. The predicted octanol–water partition coefficient (Wildman–Crippen LogP) is -1.81. The number of aliphatic hydroxyl groups is 3. The lowest BCUT2D eigenvalue weighted by Crippen LogP contribution is -2.64. The highest BCUT2D eigenvalue weighted by Crippen LogP contribution is 2.23. The van der Waals surface area contributed by atoms with Crippen LogP contribution in [-0.4, -0.2) is 82.9 Å². The minimum Gasteiger partial charge on any atom is -0.394 e. The van der Waals surface area contributed by atoms with Crippen molar-refractivity contribution in [1.29, 1.82) is 0 Å². The summed E-state index contributed by atoms with van der Waals surface area (Å²) < 4.78 is 11.1. The SMILES string of the molecule is CCC(=O)N[C@H]1C(OC[C@H](C)C(=O)N[C@@H](Cc2ccccc2)C(N)=O)OC(CO)[C@H](O)[C@@H]1O. The number of nitrogens with one attached hydrogen (secondary N) is 2.